The van der Waals surface area contributed by atoms with E-state index in [0.717, 1.165) is 4.70 Å². The molecule has 0 radical (unpaired) electrons. The van der Waals surface area contributed by atoms with Gasteiger partial charge in [0.1, 0.15) is 14.8 Å². The molecule has 0 atom stereocenters. The van der Waals surface area contributed by atoms with Crippen LogP contribution in [-0.4, -0.2) is 28.9 Å². The summed E-state index contributed by atoms with van der Waals surface area (Å²) in [7, 11) is 0. The standard InChI is InChI=1S/C23H13F6N3O2S2/c24-22(25,26)17(33)9-12-1-5-14(6-2-12)20-30-21-16(35-20)11-19(36-21)32-31-15-7-3-13(4-8-15)10-18(34)23(27,28)29/h1-8,11H,9-10H2. The van der Waals surface area contributed by atoms with Crippen molar-refractivity contribution in [3.63, 3.8) is 0 Å². The maximum atomic E-state index is 12.4. The Labute approximate surface area is 207 Å². The van der Waals surface area contributed by atoms with Gasteiger partial charge in [-0.1, -0.05) is 47.7 Å². The number of halogens is 6. The van der Waals surface area contributed by atoms with E-state index < -0.39 is 36.8 Å². The number of benzene rings is 2. The highest BCUT2D eigenvalue weighted by Crippen LogP contribution is 2.39. The summed E-state index contributed by atoms with van der Waals surface area (Å²) in [4.78, 5) is 27.4. The van der Waals surface area contributed by atoms with E-state index in [9.17, 15) is 35.9 Å². The highest BCUT2D eigenvalue weighted by molar-refractivity contribution is 7.30. The molecule has 0 amide bonds. The first kappa shape index (κ1) is 25.6. The Morgan fingerprint density at radius 1 is 0.750 bits per heavy atom. The molecule has 5 nitrogen and oxygen atoms in total. The zero-order valence-electron chi connectivity index (χ0n) is 17.9. The van der Waals surface area contributed by atoms with Gasteiger partial charge in [0.2, 0.25) is 11.6 Å². The van der Waals surface area contributed by atoms with E-state index in [4.69, 9.17) is 0 Å². The molecule has 0 fully saturated rings. The normalized spacial score (nSPS) is 12.5. The highest BCUT2D eigenvalue weighted by Gasteiger charge is 2.38. The van der Waals surface area contributed by atoms with Crippen LogP contribution in [0.1, 0.15) is 11.1 Å². The van der Waals surface area contributed by atoms with Gasteiger partial charge in [-0.15, -0.1) is 21.6 Å². The van der Waals surface area contributed by atoms with Crippen molar-refractivity contribution in [1.82, 2.24) is 4.98 Å². The van der Waals surface area contributed by atoms with Crippen LogP contribution in [0.25, 0.3) is 20.1 Å². The lowest BCUT2D eigenvalue weighted by atomic mass is 10.1. The number of thiazole rings is 1. The molecule has 4 aromatic rings. The third-order valence-electron chi connectivity index (χ3n) is 4.84. The topological polar surface area (TPSA) is 71.8 Å². The SMILES string of the molecule is O=C(Cc1ccc(N=Nc2cc3sc(-c4ccc(CC(=O)C(F)(F)F)cc4)nc3s2)cc1)C(F)(F)F. The van der Waals surface area contributed by atoms with E-state index in [1.807, 2.05) is 0 Å². The molecule has 0 aliphatic rings. The van der Waals surface area contributed by atoms with Gasteiger partial charge in [-0.05, 0) is 29.3 Å². The predicted octanol–water partition coefficient (Wildman–Crippen LogP) is 7.79. The van der Waals surface area contributed by atoms with Crippen molar-refractivity contribution < 1.29 is 35.9 Å². The molecule has 0 N–H and O–H groups in total. The molecule has 0 saturated carbocycles. The summed E-state index contributed by atoms with van der Waals surface area (Å²) < 4.78 is 75.2. The molecule has 0 saturated heterocycles. The van der Waals surface area contributed by atoms with E-state index >= 15 is 0 Å². The first-order chi connectivity index (χ1) is 16.9. The number of alkyl halides is 6. The van der Waals surface area contributed by atoms with Gasteiger partial charge in [0, 0.05) is 18.4 Å². The Morgan fingerprint density at radius 2 is 1.28 bits per heavy atom. The molecular weight excluding hydrogens is 528 g/mol. The minimum atomic E-state index is -4.88. The zero-order chi connectivity index (χ0) is 26.1. The molecule has 186 valence electrons. The van der Waals surface area contributed by atoms with Crippen LogP contribution in [0.4, 0.5) is 37.0 Å². The lowest BCUT2D eigenvalue weighted by Crippen LogP contribution is -2.24. The lowest BCUT2D eigenvalue weighted by molar-refractivity contribution is -0.170. The van der Waals surface area contributed by atoms with Crippen molar-refractivity contribution in [2.45, 2.75) is 25.2 Å². The summed E-state index contributed by atoms with van der Waals surface area (Å²) >= 11 is 2.61. The van der Waals surface area contributed by atoms with Crippen LogP contribution in [0.2, 0.25) is 0 Å². The number of ketones is 2. The quantitative estimate of drug-likeness (QED) is 0.177. The van der Waals surface area contributed by atoms with Gasteiger partial charge in [0.15, 0.2) is 0 Å². The molecule has 13 heteroatoms. The fourth-order valence-corrected chi connectivity index (χ4v) is 5.06. The summed E-state index contributed by atoms with van der Waals surface area (Å²) in [5, 5.41) is 9.36. The summed E-state index contributed by atoms with van der Waals surface area (Å²) in [6.45, 7) is 0. The lowest BCUT2D eigenvalue weighted by Gasteiger charge is -2.05. The van der Waals surface area contributed by atoms with Gasteiger partial charge in [-0.25, -0.2) is 4.98 Å². The average Bonchev–Trinajstić information content (AvgIpc) is 3.37. The molecule has 0 aliphatic heterocycles. The molecule has 2 aromatic heterocycles. The second kappa shape index (κ2) is 9.90. The van der Waals surface area contributed by atoms with E-state index in [0.29, 0.717) is 26.1 Å². The number of fused-ring (bicyclic) bond motifs is 1. The molecule has 4 rings (SSSR count). The number of hydrogen-bond donors (Lipinski definition) is 0. The molecule has 2 aromatic carbocycles. The summed E-state index contributed by atoms with van der Waals surface area (Å²) in [5.74, 6) is -3.63. The van der Waals surface area contributed by atoms with Crippen molar-refractivity contribution in [2.75, 3.05) is 0 Å². The van der Waals surface area contributed by atoms with Crippen LogP contribution in [0.3, 0.4) is 0 Å². The number of Topliss-reactive ketones (excluding diaryl/α,β-unsaturated/α-hetero) is 2. The molecule has 0 unspecified atom stereocenters. The smallest absolute Gasteiger partial charge is 0.289 e. The highest BCUT2D eigenvalue weighted by atomic mass is 32.1. The number of carbonyl (C=O) groups excluding carboxylic acids is 2. The van der Waals surface area contributed by atoms with Gasteiger partial charge in [-0.3, -0.25) is 9.59 Å². The van der Waals surface area contributed by atoms with Gasteiger partial charge in [-0.2, -0.15) is 26.3 Å². The van der Waals surface area contributed by atoms with Gasteiger partial charge >= 0.3 is 12.4 Å². The fourth-order valence-electron chi connectivity index (χ4n) is 3.02. The maximum absolute atomic E-state index is 12.4. The van der Waals surface area contributed by atoms with Crippen molar-refractivity contribution in [2.24, 2.45) is 10.2 Å². The van der Waals surface area contributed by atoms with Gasteiger partial charge < -0.3 is 0 Å². The monoisotopic (exact) mass is 541 g/mol. The average molecular weight is 541 g/mol. The molecule has 0 aliphatic carbocycles. The third-order valence-corrected chi connectivity index (χ3v) is 6.93. The number of carbonyl (C=O) groups is 2. The molecule has 0 spiro atoms. The largest absolute Gasteiger partial charge is 0.450 e. The van der Waals surface area contributed by atoms with E-state index in [1.165, 1.54) is 59.1 Å². The minimum Gasteiger partial charge on any atom is -0.289 e. The number of rotatable bonds is 7. The molecule has 0 bridgehead atoms. The molecule has 2 heterocycles. The third kappa shape index (κ3) is 6.21. The Hall–Kier alpha value is -3.45. The summed E-state index contributed by atoms with van der Waals surface area (Å²) in [5.41, 5.74) is 1.55. The number of hydrogen-bond acceptors (Lipinski definition) is 7. The second-order valence-electron chi connectivity index (χ2n) is 7.53. The van der Waals surface area contributed by atoms with Crippen molar-refractivity contribution in [3.05, 3.63) is 65.7 Å². The van der Waals surface area contributed by atoms with E-state index in [2.05, 4.69) is 15.2 Å². The molecular formula is C23H13F6N3O2S2. The van der Waals surface area contributed by atoms with E-state index in [1.54, 1.807) is 18.2 Å². The van der Waals surface area contributed by atoms with E-state index in [-0.39, 0.29) is 11.1 Å². The van der Waals surface area contributed by atoms with Crippen LogP contribution < -0.4 is 0 Å². The number of thiophene rings is 1. The number of azo groups is 1. The number of aromatic nitrogens is 1. The van der Waals surface area contributed by atoms with Crippen molar-refractivity contribution in [3.8, 4) is 10.6 Å². The first-order valence-corrected chi connectivity index (χ1v) is 11.7. The van der Waals surface area contributed by atoms with Crippen molar-refractivity contribution >= 4 is 54.5 Å². The second-order valence-corrected chi connectivity index (χ2v) is 9.57. The Balaban J connectivity index is 1.41. The van der Waals surface area contributed by atoms with Crippen LogP contribution in [0, 0.1) is 0 Å². The van der Waals surface area contributed by atoms with Crippen LogP contribution in [0.15, 0.2) is 64.8 Å². The molecule has 36 heavy (non-hydrogen) atoms. The predicted molar refractivity (Wildman–Crippen MR) is 123 cm³/mol. The van der Waals surface area contributed by atoms with Crippen LogP contribution in [-0.2, 0) is 22.4 Å². The van der Waals surface area contributed by atoms with Crippen LogP contribution >= 0.6 is 22.7 Å². The van der Waals surface area contributed by atoms with Gasteiger partial charge in [0.05, 0.1) is 10.4 Å². The van der Waals surface area contributed by atoms with Crippen LogP contribution in [0.5, 0.6) is 0 Å². The maximum Gasteiger partial charge on any atom is 0.450 e. The minimum absolute atomic E-state index is 0.213. The van der Waals surface area contributed by atoms with Crippen molar-refractivity contribution in [1.29, 1.82) is 0 Å². The zero-order valence-corrected chi connectivity index (χ0v) is 19.5. The first-order valence-electron chi connectivity index (χ1n) is 10.1. The Kier molecular flexibility index (Phi) is 7.05. The van der Waals surface area contributed by atoms with Gasteiger partial charge in [0.25, 0.3) is 0 Å². The summed E-state index contributed by atoms with van der Waals surface area (Å²) in [6, 6.07) is 13.6. The Morgan fingerprint density at radius 3 is 1.78 bits per heavy atom. The summed E-state index contributed by atoms with van der Waals surface area (Å²) in [6.07, 6.45) is -11.2. The Bertz CT molecular complexity index is 1400. The number of nitrogens with zero attached hydrogens (tertiary/aromatic N) is 3. The fraction of sp³-hybridized carbons (Fsp3) is 0.174.